The van der Waals surface area contributed by atoms with Gasteiger partial charge < -0.3 is 24.6 Å². The Labute approximate surface area is 279 Å². The van der Waals surface area contributed by atoms with E-state index in [2.05, 4.69) is 20.4 Å². The number of amides is 2. The molecule has 256 valence electrons. The zero-order chi connectivity index (χ0) is 34.5. The number of fused-ring (bicyclic) bond motifs is 3. The van der Waals surface area contributed by atoms with Gasteiger partial charge in [-0.05, 0) is 63.2 Å². The van der Waals surface area contributed by atoms with Crippen molar-refractivity contribution < 1.29 is 28.2 Å². The molecule has 15 heteroatoms. The molecule has 3 aliphatic rings. The number of alkyl halides is 2. The Kier molecular flexibility index (Phi) is 8.25. The lowest BCUT2D eigenvalue weighted by molar-refractivity contribution is -0.116. The van der Waals surface area contributed by atoms with Crippen LogP contribution in [0.2, 0.25) is 0 Å². The zero-order valence-corrected chi connectivity index (χ0v) is 27.2. The first-order valence-electron chi connectivity index (χ1n) is 16.3. The van der Waals surface area contributed by atoms with Crippen molar-refractivity contribution in [3.63, 3.8) is 0 Å². The Hall–Kier alpha value is -5.05. The molecule has 0 saturated carbocycles. The van der Waals surface area contributed by atoms with E-state index in [1.807, 2.05) is 6.08 Å². The first-order valence-corrected chi connectivity index (χ1v) is 16.3. The molecular weight excluding hydrogens is 638 g/mol. The third-order valence-corrected chi connectivity index (χ3v) is 9.89. The van der Waals surface area contributed by atoms with Crippen LogP contribution in [0.25, 0.3) is 11.4 Å². The molecule has 1 aliphatic carbocycles. The topological polar surface area (TPSA) is 157 Å². The van der Waals surface area contributed by atoms with Crippen molar-refractivity contribution in [3.8, 4) is 5.75 Å². The highest BCUT2D eigenvalue weighted by atomic mass is 19.3. The standard InChI is InChI=1S/C34H36F2N8O5/c1-20-28(46)27(38-19-37-20)31(48)42-14-12-34(13-15-42)11-3-4-24-26(34)30(47)44-32(40-29(41-44)21-9-16-49-17-10-21)43(24)18-25(45)39-23-7-5-22(6-8-23)33(2,35)36/h5-9,19,46H,3-4,10-18H2,1-2H3,(H,39,45). The predicted molar refractivity (Wildman–Crippen MR) is 173 cm³/mol. The van der Waals surface area contributed by atoms with Crippen molar-refractivity contribution in [2.24, 2.45) is 0 Å². The van der Waals surface area contributed by atoms with Crippen LogP contribution < -0.4 is 10.9 Å². The highest BCUT2D eigenvalue weighted by molar-refractivity contribution is 5.95. The fraction of sp³-hybridized carbons (Fsp3) is 0.441. The molecular formula is C34H36F2N8O5. The van der Waals surface area contributed by atoms with E-state index in [9.17, 15) is 28.3 Å². The maximum absolute atomic E-state index is 14.4. The summed E-state index contributed by atoms with van der Waals surface area (Å²) in [5, 5.41) is 17.9. The number of piperidine rings is 1. The van der Waals surface area contributed by atoms with E-state index in [1.54, 1.807) is 16.4 Å². The minimum Gasteiger partial charge on any atom is -0.504 e. The molecule has 5 heterocycles. The van der Waals surface area contributed by atoms with Crippen molar-refractivity contribution in [3.05, 3.63) is 81.1 Å². The lowest BCUT2D eigenvalue weighted by Crippen LogP contribution is -2.50. The maximum atomic E-state index is 14.4. The lowest BCUT2D eigenvalue weighted by Gasteiger charge is -2.45. The molecule has 2 N–H and O–H groups in total. The number of carbonyl (C=O) groups excluding carboxylic acids is 2. The number of rotatable bonds is 6. The Bertz CT molecular complexity index is 2040. The van der Waals surface area contributed by atoms with Crippen molar-refractivity contribution >= 4 is 28.9 Å². The molecule has 2 amide bonds. The average molecular weight is 675 g/mol. The summed E-state index contributed by atoms with van der Waals surface area (Å²) in [5.41, 5.74) is 1.68. The van der Waals surface area contributed by atoms with Crippen molar-refractivity contribution in [2.45, 2.75) is 70.3 Å². The minimum absolute atomic E-state index is 0.0572. The Morgan fingerprint density at radius 1 is 1.10 bits per heavy atom. The number of ether oxygens (including phenoxy) is 1. The second-order valence-electron chi connectivity index (χ2n) is 13.0. The van der Waals surface area contributed by atoms with E-state index in [0.29, 0.717) is 86.9 Å². The molecule has 0 radical (unpaired) electrons. The second-order valence-corrected chi connectivity index (χ2v) is 13.0. The summed E-state index contributed by atoms with van der Waals surface area (Å²) >= 11 is 0. The quantitative estimate of drug-likeness (QED) is 0.311. The van der Waals surface area contributed by atoms with Crippen LogP contribution >= 0.6 is 0 Å². The summed E-state index contributed by atoms with van der Waals surface area (Å²) in [7, 11) is 0. The summed E-state index contributed by atoms with van der Waals surface area (Å²) in [6.45, 7) is 3.79. The van der Waals surface area contributed by atoms with Gasteiger partial charge in [-0.3, -0.25) is 14.4 Å². The number of halogens is 2. The molecule has 4 aromatic rings. The van der Waals surface area contributed by atoms with Crippen LogP contribution in [-0.2, 0) is 33.8 Å². The molecule has 1 saturated heterocycles. The summed E-state index contributed by atoms with van der Waals surface area (Å²) in [6.07, 6.45) is 6.68. The van der Waals surface area contributed by atoms with Crippen LogP contribution in [0.3, 0.4) is 0 Å². The monoisotopic (exact) mass is 674 g/mol. The Balaban J connectivity index is 1.25. The van der Waals surface area contributed by atoms with Gasteiger partial charge in [0.05, 0.1) is 18.9 Å². The molecule has 0 bridgehead atoms. The molecule has 1 fully saturated rings. The number of benzene rings is 1. The third kappa shape index (κ3) is 5.96. The highest BCUT2D eigenvalue weighted by Crippen LogP contribution is 2.44. The zero-order valence-electron chi connectivity index (χ0n) is 27.2. The normalized spacial score (nSPS) is 17.6. The molecule has 0 unspecified atom stereocenters. The van der Waals surface area contributed by atoms with E-state index < -0.39 is 23.2 Å². The van der Waals surface area contributed by atoms with Crippen LogP contribution in [0.1, 0.15) is 77.9 Å². The van der Waals surface area contributed by atoms with E-state index in [0.717, 1.165) is 18.9 Å². The van der Waals surface area contributed by atoms with Crippen LogP contribution in [0, 0.1) is 6.92 Å². The number of hydrogen-bond donors (Lipinski definition) is 2. The van der Waals surface area contributed by atoms with Crippen LogP contribution in [0.4, 0.5) is 14.5 Å². The van der Waals surface area contributed by atoms with Gasteiger partial charge in [0.15, 0.2) is 17.3 Å². The molecule has 1 spiro atoms. The predicted octanol–water partition coefficient (Wildman–Crippen LogP) is 3.76. The van der Waals surface area contributed by atoms with Gasteiger partial charge in [0.1, 0.15) is 12.9 Å². The first-order chi connectivity index (χ1) is 23.4. The van der Waals surface area contributed by atoms with Crippen LogP contribution in [0.15, 0.2) is 41.5 Å². The van der Waals surface area contributed by atoms with E-state index in [1.165, 1.54) is 35.1 Å². The Morgan fingerprint density at radius 3 is 2.55 bits per heavy atom. The second kappa shape index (κ2) is 12.4. The van der Waals surface area contributed by atoms with Crippen LogP contribution in [-0.4, -0.2) is 77.3 Å². The summed E-state index contributed by atoms with van der Waals surface area (Å²) in [4.78, 5) is 55.7. The average Bonchev–Trinajstić information content (AvgIpc) is 3.54. The molecule has 2 aliphatic heterocycles. The minimum atomic E-state index is -3.01. The van der Waals surface area contributed by atoms with Crippen molar-refractivity contribution in [1.82, 2.24) is 34.0 Å². The van der Waals surface area contributed by atoms with Gasteiger partial charge in [0.2, 0.25) is 11.7 Å². The van der Waals surface area contributed by atoms with E-state index in [4.69, 9.17) is 9.72 Å². The fourth-order valence-electron chi connectivity index (χ4n) is 7.25. The number of aromatic hydroxyl groups is 1. The number of nitrogens with one attached hydrogen (secondary N) is 1. The number of hydrogen-bond acceptors (Lipinski definition) is 9. The lowest BCUT2D eigenvalue weighted by atomic mass is 9.66. The maximum Gasteiger partial charge on any atom is 0.279 e. The molecule has 3 aromatic heterocycles. The largest absolute Gasteiger partial charge is 0.504 e. The van der Waals surface area contributed by atoms with Gasteiger partial charge in [-0.25, -0.2) is 18.7 Å². The molecule has 0 atom stereocenters. The summed E-state index contributed by atoms with van der Waals surface area (Å²) in [6, 6.07) is 5.41. The smallest absolute Gasteiger partial charge is 0.279 e. The first kappa shape index (κ1) is 32.5. The fourth-order valence-corrected chi connectivity index (χ4v) is 7.25. The van der Waals surface area contributed by atoms with Gasteiger partial charge in [0, 0.05) is 47.9 Å². The number of aromatic nitrogens is 6. The number of anilines is 1. The Morgan fingerprint density at radius 2 is 1.86 bits per heavy atom. The number of aryl methyl sites for hydroxylation is 1. The van der Waals surface area contributed by atoms with Gasteiger partial charge in [-0.2, -0.15) is 9.50 Å². The number of carbonyl (C=O) groups is 2. The van der Waals surface area contributed by atoms with E-state index >= 15 is 0 Å². The number of nitrogens with zero attached hydrogens (tertiary/aromatic N) is 7. The van der Waals surface area contributed by atoms with Crippen molar-refractivity contribution in [1.29, 1.82) is 0 Å². The number of likely N-dealkylation sites (tertiary alicyclic amines) is 1. The van der Waals surface area contributed by atoms with Gasteiger partial charge in [-0.1, -0.05) is 18.2 Å². The van der Waals surface area contributed by atoms with Crippen LogP contribution in [0.5, 0.6) is 5.75 Å². The summed E-state index contributed by atoms with van der Waals surface area (Å²) in [5.74, 6) is -3.45. The molecule has 13 nitrogen and oxygen atoms in total. The highest BCUT2D eigenvalue weighted by Gasteiger charge is 2.45. The van der Waals surface area contributed by atoms with Gasteiger partial charge in [-0.15, -0.1) is 5.10 Å². The summed E-state index contributed by atoms with van der Waals surface area (Å²) < 4.78 is 36.0. The van der Waals surface area contributed by atoms with Gasteiger partial charge in [0.25, 0.3) is 17.4 Å². The molecule has 7 rings (SSSR count). The van der Waals surface area contributed by atoms with Gasteiger partial charge >= 0.3 is 0 Å². The van der Waals surface area contributed by atoms with E-state index in [-0.39, 0.29) is 34.9 Å². The van der Waals surface area contributed by atoms with Crippen molar-refractivity contribution in [2.75, 3.05) is 31.6 Å². The molecule has 1 aromatic carbocycles. The third-order valence-electron chi connectivity index (χ3n) is 9.89. The molecule has 49 heavy (non-hydrogen) atoms. The SMILES string of the molecule is Cc1ncnc(C(=O)N2CCC3(CCCc4c3c(=O)n3nc(C5=CCOCC5)nc3n4CC(=O)Nc3ccc(C(C)(F)F)cc3)CC2)c1O.